The SMILES string of the molecule is CCCOc1ncccc1CN=C(N)N[C@@H](C)COC. The molecule has 112 valence electrons. The van der Waals surface area contributed by atoms with E-state index in [-0.39, 0.29) is 6.04 Å². The predicted molar refractivity (Wildman–Crippen MR) is 79.8 cm³/mol. The summed E-state index contributed by atoms with van der Waals surface area (Å²) >= 11 is 0. The van der Waals surface area contributed by atoms with Crippen LogP contribution in [0.4, 0.5) is 0 Å². The summed E-state index contributed by atoms with van der Waals surface area (Å²) in [6.07, 6.45) is 2.65. The van der Waals surface area contributed by atoms with Crippen LogP contribution in [0, 0.1) is 0 Å². The highest BCUT2D eigenvalue weighted by Crippen LogP contribution is 2.15. The Bertz CT molecular complexity index is 423. The predicted octanol–water partition coefficient (Wildman–Crippen LogP) is 1.31. The third-order valence-electron chi connectivity index (χ3n) is 2.52. The Morgan fingerprint density at radius 2 is 2.35 bits per heavy atom. The number of pyridine rings is 1. The second-order valence-corrected chi connectivity index (χ2v) is 4.52. The number of nitrogens with one attached hydrogen (secondary N) is 1. The lowest BCUT2D eigenvalue weighted by Gasteiger charge is -2.13. The third-order valence-corrected chi connectivity index (χ3v) is 2.52. The second-order valence-electron chi connectivity index (χ2n) is 4.52. The van der Waals surface area contributed by atoms with Crippen LogP contribution in [0.25, 0.3) is 0 Å². The molecule has 3 N–H and O–H groups in total. The summed E-state index contributed by atoms with van der Waals surface area (Å²) in [7, 11) is 1.65. The van der Waals surface area contributed by atoms with Crippen molar-refractivity contribution in [2.24, 2.45) is 10.7 Å². The summed E-state index contributed by atoms with van der Waals surface area (Å²) in [6.45, 7) is 5.69. The summed E-state index contributed by atoms with van der Waals surface area (Å²) in [4.78, 5) is 8.50. The van der Waals surface area contributed by atoms with Crippen molar-refractivity contribution >= 4 is 5.96 Å². The van der Waals surface area contributed by atoms with Crippen molar-refractivity contribution in [1.82, 2.24) is 10.3 Å². The van der Waals surface area contributed by atoms with E-state index in [1.807, 2.05) is 19.1 Å². The molecule has 0 spiro atoms. The van der Waals surface area contributed by atoms with Crippen molar-refractivity contribution in [3.8, 4) is 5.88 Å². The van der Waals surface area contributed by atoms with Crippen LogP contribution in [0.5, 0.6) is 5.88 Å². The molecule has 0 fully saturated rings. The average molecular weight is 280 g/mol. The zero-order valence-corrected chi connectivity index (χ0v) is 12.4. The molecule has 0 aliphatic rings. The fourth-order valence-electron chi connectivity index (χ4n) is 1.63. The Labute approximate surface area is 120 Å². The van der Waals surface area contributed by atoms with Gasteiger partial charge in [0.1, 0.15) is 0 Å². The maximum Gasteiger partial charge on any atom is 0.218 e. The van der Waals surface area contributed by atoms with Gasteiger partial charge in [0, 0.05) is 24.9 Å². The molecular formula is C14H24N4O2. The highest BCUT2D eigenvalue weighted by Gasteiger charge is 2.05. The number of ether oxygens (including phenoxy) is 2. The van der Waals surface area contributed by atoms with Crippen LogP contribution in [-0.4, -0.2) is 37.3 Å². The smallest absolute Gasteiger partial charge is 0.218 e. The quantitative estimate of drug-likeness (QED) is 0.554. The first kappa shape index (κ1) is 16.2. The molecule has 6 heteroatoms. The van der Waals surface area contributed by atoms with Gasteiger partial charge in [-0.25, -0.2) is 9.98 Å². The standard InChI is InChI=1S/C14H24N4O2/c1-4-8-20-13-12(6-5-7-16-13)9-17-14(15)18-11(2)10-19-3/h5-7,11H,4,8-10H2,1-3H3,(H3,15,17,18)/t11-/m0/s1. The molecule has 1 rings (SSSR count). The minimum Gasteiger partial charge on any atom is -0.477 e. The van der Waals surface area contributed by atoms with Gasteiger partial charge in [-0.05, 0) is 19.4 Å². The first-order valence-corrected chi connectivity index (χ1v) is 6.79. The molecule has 1 atom stereocenters. The van der Waals surface area contributed by atoms with Crippen LogP contribution in [-0.2, 0) is 11.3 Å². The molecule has 20 heavy (non-hydrogen) atoms. The molecule has 1 aromatic heterocycles. The highest BCUT2D eigenvalue weighted by molar-refractivity contribution is 5.78. The van der Waals surface area contributed by atoms with Gasteiger partial charge >= 0.3 is 0 Å². The summed E-state index contributed by atoms with van der Waals surface area (Å²) < 4.78 is 10.6. The van der Waals surface area contributed by atoms with Gasteiger partial charge in [-0.1, -0.05) is 13.0 Å². The number of nitrogens with two attached hydrogens (primary N) is 1. The molecule has 1 heterocycles. The molecule has 0 aromatic carbocycles. The Morgan fingerprint density at radius 3 is 3.05 bits per heavy atom. The van der Waals surface area contributed by atoms with Crippen LogP contribution in [0.1, 0.15) is 25.8 Å². The van der Waals surface area contributed by atoms with E-state index in [0.29, 0.717) is 31.6 Å². The third kappa shape index (κ3) is 5.88. The van der Waals surface area contributed by atoms with Gasteiger partial charge in [0.05, 0.1) is 19.8 Å². The van der Waals surface area contributed by atoms with Crippen LogP contribution in [0.3, 0.4) is 0 Å². The molecule has 0 aliphatic carbocycles. The molecule has 0 bridgehead atoms. The fourth-order valence-corrected chi connectivity index (χ4v) is 1.63. The Balaban J connectivity index is 2.59. The Kier molecular flexibility index (Phi) is 7.42. The first-order chi connectivity index (χ1) is 9.67. The van der Waals surface area contributed by atoms with Crippen molar-refractivity contribution in [3.05, 3.63) is 23.9 Å². The lowest BCUT2D eigenvalue weighted by atomic mass is 10.3. The second kappa shape index (κ2) is 9.14. The van der Waals surface area contributed by atoms with Gasteiger partial charge in [-0.2, -0.15) is 0 Å². The van der Waals surface area contributed by atoms with Gasteiger partial charge in [0.25, 0.3) is 0 Å². The number of hydrogen-bond donors (Lipinski definition) is 2. The van der Waals surface area contributed by atoms with Crippen LogP contribution >= 0.6 is 0 Å². The van der Waals surface area contributed by atoms with Crippen molar-refractivity contribution in [1.29, 1.82) is 0 Å². The molecule has 0 saturated heterocycles. The van der Waals surface area contributed by atoms with Crippen molar-refractivity contribution < 1.29 is 9.47 Å². The summed E-state index contributed by atoms with van der Waals surface area (Å²) in [6, 6.07) is 3.92. The van der Waals surface area contributed by atoms with Gasteiger partial charge in [-0.15, -0.1) is 0 Å². The molecule has 0 amide bonds. The lowest BCUT2D eigenvalue weighted by Crippen LogP contribution is -2.40. The van der Waals surface area contributed by atoms with Gasteiger partial charge in [-0.3, -0.25) is 0 Å². The van der Waals surface area contributed by atoms with E-state index in [9.17, 15) is 0 Å². The topological polar surface area (TPSA) is 81.8 Å². The molecular weight excluding hydrogens is 256 g/mol. The van der Waals surface area contributed by atoms with Gasteiger partial charge in [0.15, 0.2) is 5.96 Å². The lowest BCUT2D eigenvalue weighted by molar-refractivity contribution is 0.179. The fraction of sp³-hybridized carbons (Fsp3) is 0.571. The Morgan fingerprint density at radius 1 is 1.55 bits per heavy atom. The maximum atomic E-state index is 5.83. The minimum absolute atomic E-state index is 0.119. The Hall–Kier alpha value is -1.82. The molecule has 0 radical (unpaired) electrons. The molecule has 6 nitrogen and oxygen atoms in total. The molecule has 0 saturated carbocycles. The first-order valence-electron chi connectivity index (χ1n) is 6.79. The largest absolute Gasteiger partial charge is 0.477 e. The zero-order chi connectivity index (χ0) is 14.8. The van der Waals surface area contributed by atoms with Crippen molar-refractivity contribution in [2.75, 3.05) is 20.3 Å². The molecule has 0 unspecified atom stereocenters. The van der Waals surface area contributed by atoms with E-state index in [1.165, 1.54) is 0 Å². The summed E-state index contributed by atoms with van der Waals surface area (Å²) in [5.74, 6) is 1.01. The van der Waals surface area contributed by atoms with Crippen LogP contribution in [0.15, 0.2) is 23.3 Å². The summed E-state index contributed by atoms with van der Waals surface area (Å²) in [5.41, 5.74) is 6.75. The monoisotopic (exact) mass is 280 g/mol. The number of aliphatic imine (C=N–C) groups is 1. The number of hydrogen-bond acceptors (Lipinski definition) is 4. The normalized spacial score (nSPS) is 13.1. The van der Waals surface area contributed by atoms with Gasteiger partial charge < -0.3 is 20.5 Å². The van der Waals surface area contributed by atoms with Crippen molar-refractivity contribution in [3.63, 3.8) is 0 Å². The molecule has 0 aliphatic heterocycles. The van der Waals surface area contributed by atoms with E-state index in [2.05, 4.69) is 22.2 Å². The zero-order valence-electron chi connectivity index (χ0n) is 12.4. The van der Waals surface area contributed by atoms with E-state index >= 15 is 0 Å². The summed E-state index contributed by atoms with van der Waals surface area (Å²) in [5, 5.41) is 3.06. The van der Waals surface area contributed by atoms with Crippen LogP contribution < -0.4 is 15.8 Å². The van der Waals surface area contributed by atoms with E-state index in [0.717, 1.165) is 12.0 Å². The minimum atomic E-state index is 0.119. The maximum absolute atomic E-state index is 5.83. The van der Waals surface area contributed by atoms with E-state index in [1.54, 1.807) is 13.3 Å². The average Bonchev–Trinajstić information content (AvgIpc) is 2.44. The number of nitrogens with zero attached hydrogens (tertiary/aromatic N) is 2. The van der Waals surface area contributed by atoms with Crippen LogP contribution in [0.2, 0.25) is 0 Å². The van der Waals surface area contributed by atoms with E-state index in [4.69, 9.17) is 15.2 Å². The van der Waals surface area contributed by atoms with Gasteiger partial charge in [0.2, 0.25) is 5.88 Å². The number of guanidine groups is 1. The number of rotatable bonds is 8. The highest BCUT2D eigenvalue weighted by atomic mass is 16.5. The van der Waals surface area contributed by atoms with E-state index < -0.39 is 0 Å². The van der Waals surface area contributed by atoms with Crippen molar-refractivity contribution in [2.45, 2.75) is 32.9 Å². The molecule has 1 aromatic rings. The number of aromatic nitrogens is 1. The number of methoxy groups -OCH3 is 1.